The monoisotopic (exact) mass is 283 g/mol. The third-order valence-electron chi connectivity index (χ3n) is 2.35. The van der Waals surface area contributed by atoms with Crippen LogP contribution >= 0.6 is 11.3 Å². The summed E-state index contributed by atoms with van der Waals surface area (Å²) in [5.74, 6) is 0. The van der Waals surface area contributed by atoms with Gasteiger partial charge < -0.3 is 5.73 Å². The van der Waals surface area contributed by atoms with Crippen molar-refractivity contribution in [1.82, 2.24) is 9.71 Å². The fourth-order valence-corrected chi connectivity index (χ4v) is 3.23. The number of anilines is 1. The summed E-state index contributed by atoms with van der Waals surface area (Å²) in [5.41, 5.74) is 6.90. The van der Waals surface area contributed by atoms with Gasteiger partial charge in [-0.25, -0.2) is 18.1 Å². The highest BCUT2D eigenvalue weighted by Crippen LogP contribution is 2.19. The van der Waals surface area contributed by atoms with E-state index in [2.05, 4.69) is 9.71 Å². The van der Waals surface area contributed by atoms with Crippen LogP contribution in [-0.4, -0.2) is 13.4 Å². The molecule has 0 atom stereocenters. The Morgan fingerprint density at radius 2 is 2.22 bits per heavy atom. The van der Waals surface area contributed by atoms with Crippen LogP contribution in [0.4, 0.5) is 5.69 Å². The maximum absolute atomic E-state index is 12.0. The molecule has 0 aliphatic rings. The first-order valence-corrected chi connectivity index (χ1v) is 7.59. The molecule has 5 nitrogen and oxygen atoms in total. The van der Waals surface area contributed by atoms with Crippen molar-refractivity contribution < 1.29 is 8.42 Å². The Kier molecular flexibility index (Phi) is 3.65. The van der Waals surface area contributed by atoms with Crippen molar-refractivity contribution in [3.05, 3.63) is 40.3 Å². The summed E-state index contributed by atoms with van der Waals surface area (Å²) in [5, 5.41) is 2.51. The Morgan fingerprint density at radius 1 is 1.44 bits per heavy atom. The number of aromatic nitrogens is 1. The summed E-state index contributed by atoms with van der Waals surface area (Å²) in [6, 6.07) is 4.86. The number of nitrogen functional groups attached to an aromatic ring is 1. The first kappa shape index (κ1) is 13.0. The van der Waals surface area contributed by atoms with Gasteiger partial charge >= 0.3 is 0 Å². The van der Waals surface area contributed by atoms with Crippen LogP contribution in [0.2, 0.25) is 0 Å². The SMILES string of the molecule is Cc1ccc(S(=O)(=O)NCc2nccs2)c(N)c1. The van der Waals surface area contributed by atoms with Crippen molar-refractivity contribution in [2.24, 2.45) is 0 Å². The van der Waals surface area contributed by atoms with E-state index >= 15 is 0 Å². The van der Waals surface area contributed by atoms with Gasteiger partial charge in [-0.15, -0.1) is 11.3 Å². The molecule has 0 saturated carbocycles. The number of rotatable bonds is 4. The number of thiazole rings is 1. The van der Waals surface area contributed by atoms with E-state index in [1.54, 1.807) is 23.7 Å². The van der Waals surface area contributed by atoms with Gasteiger partial charge in [-0.2, -0.15) is 0 Å². The predicted molar refractivity (Wildman–Crippen MR) is 71.7 cm³/mol. The lowest BCUT2D eigenvalue weighted by atomic mass is 10.2. The molecule has 2 aromatic rings. The lowest BCUT2D eigenvalue weighted by Gasteiger charge is -2.08. The van der Waals surface area contributed by atoms with Crippen molar-refractivity contribution in [2.75, 3.05) is 5.73 Å². The second kappa shape index (κ2) is 5.05. The van der Waals surface area contributed by atoms with Crippen LogP contribution < -0.4 is 10.5 Å². The molecule has 18 heavy (non-hydrogen) atoms. The molecule has 0 aliphatic carbocycles. The summed E-state index contributed by atoms with van der Waals surface area (Å²) in [6.45, 7) is 2.03. The fraction of sp³-hybridized carbons (Fsp3) is 0.182. The van der Waals surface area contributed by atoms with E-state index in [0.29, 0.717) is 5.01 Å². The molecular weight excluding hydrogens is 270 g/mol. The Morgan fingerprint density at radius 3 is 2.83 bits per heavy atom. The van der Waals surface area contributed by atoms with Gasteiger partial charge in [0.25, 0.3) is 0 Å². The topological polar surface area (TPSA) is 85.1 Å². The minimum atomic E-state index is -3.59. The number of hydrogen-bond donors (Lipinski definition) is 2. The second-order valence-electron chi connectivity index (χ2n) is 3.79. The molecule has 1 aromatic carbocycles. The number of hydrogen-bond acceptors (Lipinski definition) is 5. The number of nitrogens with one attached hydrogen (secondary N) is 1. The zero-order chi connectivity index (χ0) is 13.2. The van der Waals surface area contributed by atoms with E-state index in [4.69, 9.17) is 5.73 Å². The summed E-state index contributed by atoms with van der Waals surface area (Å²) < 4.78 is 26.6. The molecule has 0 unspecified atom stereocenters. The number of benzene rings is 1. The molecule has 0 radical (unpaired) electrons. The minimum absolute atomic E-state index is 0.102. The molecule has 0 spiro atoms. The van der Waals surface area contributed by atoms with Gasteiger partial charge in [0.15, 0.2) is 0 Å². The number of nitrogens with two attached hydrogens (primary N) is 1. The van der Waals surface area contributed by atoms with Crippen molar-refractivity contribution >= 4 is 27.0 Å². The Bertz CT molecular complexity index is 636. The largest absolute Gasteiger partial charge is 0.398 e. The highest BCUT2D eigenvalue weighted by Gasteiger charge is 2.17. The first-order chi connectivity index (χ1) is 8.49. The Hall–Kier alpha value is -1.44. The van der Waals surface area contributed by atoms with Gasteiger partial charge in [-0.1, -0.05) is 6.07 Å². The molecule has 0 amide bonds. The van der Waals surface area contributed by atoms with Crippen LogP contribution in [0, 0.1) is 6.92 Å². The minimum Gasteiger partial charge on any atom is -0.398 e. The molecule has 7 heteroatoms. The van der Waals surface area contributed by atoms with Crippen LogP contribution in [-0.2, 0) is 16.6 Å². The van der Waals surface area contributed by atoms with Crippen LogP contribution in [0.15, 0.2) is 34.7 Å². The lowest BCUT2D eigenvalue weighted by Crippen LogP contribution is -2.24. The number of nitrogens with zero attached hydrogens (tertiary/aromatic N) is 1. The number of aryl methyl sites for hydroxylation is 1. The summed E-state index contributed by atoms with van der Waals surface area (Å²) in [6.07, 6.45) is 1.63. The highest BCUT2D eigenvalue weighted by molar-refractivity contribution is 7.89. The molecule has 1 heterocycles. The van der Waals surface area contributed by atoms with Gasteiger partial charge in [0.1, 0.15) is 9.90 Å². The van der Waals surface area contributed by atoms with Gasteiger partial charge in [0, 0.05) is 11.6 Å². The zero-order valence-electron chi connectivity index (χ0n) is 9.75. The molecule has 0 bridgehead atoms. The highest BCUT2D eigenvalue weighted by atomic mass is 32.2. The van der Waals surface area contributed by atoms with Crippen LogP contribution in [0.1, 0.15) is 10.6 Å². The number of sulfonamides is 1. The molecule has 0 aliphatic heterocycles. The summed E-state index contributed by atoms with van der Waals surface area (Å²) >= 11 is 1.40. The predicted octanol–water partition coefficient (Wildman–Crippen LogP) is 1.51. The van der Waals surface area contributed by atoms with E-state index in [9.17, 15) is 8.42 Å². The molecule has 1 aromatic heterocycles. The Labute approximate surface area is 110 Å². The molecule has 96 valence electrons. The van der Waals surface area contributed by atoms with Crippen LogP contribution in [0.25, 0.3) is 0 Å². The molecule has 0 saturated heterocycles. The standard InChI is InChI=1S/C11H13N3O2S2/c1-8-2-3-10(9(12)6-8)18(15,16)14-7-11-13-4-5-17-11/h2-6,14H,7,12H2,1H3. The molecule has 2 rings (SSSR count). The van der Waals surface area contributed by atoms with E-state index in [-0.39, 0.29) is 17.1 Å². The maximum atomic E-state index is 12.0. The molecular formula is C11H13N3O2S2. The summed E-state index contributed by atoms with van der Waals surface area (Å²) in [7, 11) is -3.59. The quantitative estimate of drug-likeness (QED) is 0.833. The van der Waals surface area contributed by atoms with Crippen molar-refractivity contribution in [2.45, 2.75) is 18.4 Å². The average molecular weight is 283 g/mol. The van der Waals surface area contributed by atoms with Crippen molar-refractivity contribution in [3.63, 3.8) is 0 Å². The first-order valence-electron chi connectivity index (χ1n) is 5.23. The van der Waals surface area contributed by atoms with E-state index in [1.165, 1.54) is 17.4 Å². The summed E-state index contributed by atoms with van der Waals surface area (Å²) in [4.78, 5) is 4.11. The average Bonchev–Trinajstić information content (AvgIpc) is 2.78. The van der Waals surface area contributed by atoms with Gasteiger partial charge in [-0.3, -0.25) is 0 Å². The molecule has 3 N–H and O–H groups in total. The normalized spacial score (nSPS) is 11.6. The third kappa shape index (κ3) is 2.87. The van der Waals surface area contributed by atoms with Gasteiger partial charge in [0.05, 0.1) is 12.2 Å². The fourth-order valence-electron chi connectivity index (χ4n) is 1.49. The van der Waals surface area contributed by atoms with E-state index in [1.807, 2.05) is 6.92 Å². The third-order valence-corrected chi connectivity index (χ3v) is 4.61. The van der Waals surface area contributed by atoms with Crippen LogP contribution in [0.3, 0.4) is 0 Å². The smallest absolute Gasteiger partial charge is 0.242 e. The Balaban J connectivity index is 2.20. The van der Waals surface area contributed by atoms with Gasteiger partial charge in [-0.05, 0) is 24.6 Å². The van der Waals surface area contributed by atoms with Gasteiger partial charge in [0.2, 0.25) is 10.0 Å². The second-order valence-corrected chi connectivity index (χ2v) is 6.51. The van der Waals surface area contributed by atoms with Crippen molar-refractivity contribution in [1.29, 1.82) is 0 Å². The zero-order valence-corrected chi connectivity index (χ0v) is 11.4. The van der Waals surface area contributed by atoms with Crippen LogP contribution in [0.5, 0.6) is 0 Å². The van der Waals surface area contributed by atoms with E-state index in [0.717, 1.165) is 5.56 Å². The maximum Gasteiger partial charge on any atom is 0.242 e. The van der Waals surface area contributed by atoms with E-state index < -0.39 is 10.0 Å². The molecule has 0 fully saturated rings. The van der Waals surface area contributed by atoms with Crippen molar-refractivity contribution in [3.8, 4) is 0 Å². The lowest BCUT2D eigenvalue weighted by molar-refractivity contribution is 0.581.